The van der Waals surface area contributed by atoms with Crippen molar-refractivity contribution in [1.29, 1.82) is 0 Å². The van der Waals surface area contributed by atoms with Gasteiger partial charge >= 0.3 is 0 Å². The molecule has 1 atom stereocenters. The molecule has 0 aromatic carbocycles. The van der Waals surface area contributed by atoms with E-state index in [-0.39, 0.29) is 6.04 Å². The lowest BCUT2D eigenvalue weighted by Crippen LogP contribution is -2.04. The molecular formula is C8H9NS. The van der Waals surface area contributed by atoms with Crippen LogP contribution in [0.3, 0.4) is 0 Å². The van der Waals surface area contributed by atoms with Gasteiger partial charge in [0.15, 0.2) is 0 Å². The summed E-state index contributed by atoms with van der Waals surface area (Å²) in [4.78, 5) is 2.32. The fraction of sp³-hybridized carbons (Fsp3) is 0.250. The van der Waals surface area contributed by atoms with E-state index >= 15 is 0 Å². The maximum absolute atomic E-state index is 5.58. The lowest BCUT2D eigenvalue weighted by Gasteiger charge is -1.96. The van der Waals surface area contributed by atoms with E-state index < -0.39 is 0 Å². The van der Waals surface area contributed by atoms with Crippen LogP contribution in [-0.2, 0) is 0 Å². The third-order valence-corrected chi connectivity index (χ3v) is 2.33. The van der Waals surface area contributed by atoms with Crippen LogP contribution >= 0.6 is 11.3 Å². The molecule has 0 radical (unpaired) electrons. The molecule has 1 rings (SSSR count). The molecule has 1 unspecified atom stereocenters. The van der Waals surface area contributed by atoms with Gasteiger partial charge < -0.3 is 5.73 Å². The normalized spacial score (nSPS) is 12.5. The zero-order valence-electron chi connectivity index (χ0n) is 5.79. The van der Waals surface area contributed by atoms with Crippen molar-refractivity contribution < 1.29 is 0 Å². The molecule has 0 bridgehead atoms. The molecule has 2 N–H and O–H groups in total. The molecule has 52 valence electrons. The van der Waals surface area contributed by atoms with Crippen molar-refractivity contribution in [2.75, 3.05) is 0 Å². The number of rotatable bonds is 1. The summed E-state index contributed by atoms with van der Waals surface area (Å²) in [6.07, 6.45) is 5.14. The van der Waals surface area contributed by atoms with Gasteiger partial charge in [-0.25, -0.2) is 0 Å². The van der Waals surface area contributed by atoms with Crippen LogP contribution in [0.1, 0.15) is 15.8 Å². The first-order valence-corrected chi connectivity index (χ1v) is 3.83. The molecule has 1 aromatic heterocycles. The van der Waals surface area contributed by atoms with Crippen LogP contribution in [-0.4, -0.2) is 0 Å². The molecule has 1 aromatic rings. The molecule has 0 spiro atoms. The minimum Gasteiger partial charge on any atom is -0.313 e. The number of hydrogen-bond acceptors (Lipinski definition) is 2. The van der Waals surface area contributed by atoms with E-state index in [1.54, 1.807) is 11.3 Å². The summed E-state index contributed by atoms with van der Waals surface area (Å²) in [5.74, 6) is 2.48. The summed E-state index contributed by atoms with van der Waals surface area (Å²) < 4.78 is 0. The first-order chi connectivity index (χ1) is 4.74. The van der Waals surface area contributed by atoms with Gasteiger partial charge in [-0.05, 0) is 19.1 Å². The van der Waals surface area contributed by atoms with E-state index in [0.29, 0.717) is 0 Å². The average Bonchev–Trinajstić information content (AvgIpc) is 2.34. The van der Waals surface area contributed by atoms with Crippen molar-refractivity contribution in [2.45, 2.75) is 13.0 Å². The number of thiophene rings is 1. The third kappa shape index (κ3) is 1.38. The quantitative estimate of drug-likeness (QED) is 0.607. The Hall–Kier alpha value is -0.780. The first-order valence-electron chi connectivity index (χ1n) is 3.02. The summed E-state index contributed by atoms with van der Waals surface area (Å²) in [6.45, 7) is 2.04. The van der Waals surface area contributed by atoms with Crippen LogP contribution in [0.2, 0.25) is 0 Å². The Morgan fingerprint density at radius 1 is 1.70 bits per heavy atom. The highest BCUT2D eigenvalue weighted by molar-refractivity contribution is 7.12. The summed E-state index contributed by atoms with van der Waals surface area (Å²) in [5.41, 5.74) is 5.58. The Morgan fingerprint density at radius 3 is 2.80 bits per heavy atom. The predicted octanol–water partition coefficient (Wildman–Crippen LogP) is 1.69. The molecule has 10 heavy (non-hydrogen) atoms. The van der Waals surface area contributed by atoms with Gasteiger partial charge in [-0.15, -0.1) is 17.8 Å². The second kappa shape index (κ2) is 2.87. The Balaban J connectivity index is 2.87. The van der Waals surface area contributed by atoms with Crippen molar-refractivity contribution >= 4 is 11.3 Å². The van der Waals surface area contributed by atoms with Gasteiger partial charge in [-0.1, -0.05) is 5.92 Å². The van der Waals surface area contributed by atoms with Gasteiger partial charge in [-0.3, -0.25) is 0 Å². The maximum atomic E-state index is 5.58. The van der Waals surface area contributed by atoms with Gasteiger partial charge in [0.25, 0.3) is 0 Å². The van der Waals surface area contributed by atoms with Crippen LogP contribution in [0.5, 0.6) is 0 Å². The predicted molar refractivity (Wildman–Crippen MR) is 44.8 cm³/mol. The van der Waals surface area contributed by atoms with Crippen molar-refractivity contribution in [2.24, 2.45) is 5.73 Å². The molecule has 2 heteroatoms. The van der Waals surface area contributed by atoms with Crippen LogP contribution in [0.4, 0.5) is 0 Å². The standard InChI is InChI=1S/C8H9NS/c1-3-7(9)8-5-4-6(2)10-8/h1,4-5,7H,9H2,2H3. The number of nitrogens with two attached hydrogens (primary N) is 1. The molecule has 0 aliphatic rings. The summed E-state index contributed by atoms with van der Waals surface area (Å²) in [5, 5.41) is 0. The average molecular weight is 151 g/mol. The Morgan fingerprint density at radius 2 is 2.40 bits per heavy atom. The fourth-order valence-corrected chi connectivity index (χ4v) is 1.54. The molecule has 1 heterocycles. The monoisotopic (exact) mass is 151 g/mol. The first kappa shape index (κ1) is 7.33. The Labute approximate surface area is 64.9 Å². The minimum atomic E-state index is -0.223. The second-order valence-corrected chi connectivity index (χ2v) is 3.41. The number of aryl methyl sites for hydroxylation is 1. The number of hydrogen-bond donors (Lipinski definition) is 1. The lowest BCUT2D eigenvalue weighted by molar-refractivity contribution is 0.974. The smallest absolute Gasteiger partial charge is 0.101 e. The molecule has 0 saturated carbocycles. The highest BCUT2D eigenvalue weighted by Crippen LogP contribution is 2.19. The van der Waals surface area contributed by atoms with Crippen molar-refractivity contribution in [3.8, 4) is 12.3 Å². The van der Waals surface area contributed by atoms with Gasteiger partial charge in [-0.2, -0.15) is 0 Å². The van der Waals surface area contributed by atoms with E-state index in [4.69, 9.17) is 12.2 Å². The maximum Gasteiger partial charge on any atom is 0.101 e. The van der Waals surface area contributed by atoms with E-state index in [9.17, 15) is 0 Å². The van der Waals surface area contributed by atoms with Crippen LogP contribution in [0.15, 0.2) is 12.1 Å². The fourth-order valence-electron chi connectivity index (χ4n) is 0.703. The van der Waals surface area contributed by atoms with Crippen LogP contribution in [0, 0.1) is 19.3 Å². The molecule has 0 saturated heterocycles. The second-order valence-electron chi connectivity index (χ2n) is 2.09. The lowest BCUT2D eigenvalue weighted by atomic mass is 10.3. The minimum absolute atomic E-state index is 0.223. The van der Waals surface area contributed by atoms with Crippen LogP contribution < -0.4 is 5.73 Å². The van der Waals surface area contributed by atoms with Gasteiger partial charge in [0, 0.05) is 9.75 Å². The summed E-state index contributed by atoms with van der Waals surface area (Å²) in [6, 6.07) is 3.78. The van der Waals surface area contributed by atoms with Crippen molar-refractivity contribution in [3.05, 3.63) is 21.9 Å². The van der Waals surface area contributed by atoms with Crippen molar-refractivity contribution in [3.63, 3.8) is 0 Å². The third-order valence-electron chi connectivity index (χ3n) is 1.25. The zero-order valence-corrected chi connectivity index (χ0v) is 6.61. The Kier molecular flexibility index (Phi) is 2.10. The highest BCUT2D eigenvalue weighted by atomic mass is 32.1. The molecule has 0 aliphatic carbocycles. The molecular weight excluding hydrogens is 142 g/mol. The SMILES string of the molecule is C#CC(N)c1ccc(C)s1. The largest absolute Gasteiger partial charge is 0.313 e. The van der Waals surface area contributed by atoms with E-state index in [1.165, 1.54) is 4.88 Å². The Bertz CT molecular complexity index is 256. The summed E-state index contributed by atoms with van der Waals surface area (Å²) >= 11 is 1.65. The molecule has 0 aliphatic heterocycles. The van der Waals surface area contributed by atoms with Gasteiger partial charge in [0.1, 0.15) is 6.04 Å². The zero-order chi connectivity index (χ0) is 7.56. The molecule has 0 fully saturated rings. The van der Waals surface area contributed by atoms with Crippen LogP contribution in [0.25, 0.3) is 0 Å². The van der Waals surface area contributed by atoms with E-state index in [1.807, 2.05) is 19.1 Å². The van der Waals surface area contributed by atoms with E-state index in [2.05, 4.69) is 5.92 Å². The van der Waals surface area contributed by atoms with E-state index in [0.717, 1.165) is 4.88 Å². The molecule has 0 amide bonds. The van der Waals surface area contributed by atoms with Gasteiger partial charge in [0.2, 0.25) is 0 Å². The molecule has 1 nitrogen and oxygen atoms in total. The number of terminal acetylenes is 1. The van der Waals surface area contributed by atoms with Crippen molar-refractivity contribution in [1.82, 2.24) is 0 Å². The summed E-state index contributed by atoms with van der Waals surface area (Å²) in [7, 11) is 0. The van der Waals surface area contributed by atoms with Gasteiger partial charge in [0.05, 0.1) is 0 Å². The topological polar surface area (TPSA) is 26.0 Å². The highest BCUT2D eigenvalue weighted by Gasteiger charge is 2.02.